The second-order valence-electron chi connectivity index (χ2n) is 1.87. The van der Waals surface area contributed by atoms with Gasteiger partial charge in [-0.2, -0.15) is 0 Å². The molecular weight excluding hydrogens is 153 g/mol. The molecule has 0 atom stereocenters. The number of hydrogen-bond donors (Lipinski definition) is 0. The SMILES string of the molecule is COB([CH-]B(OC)OC)OC.[Li+]. The second-order valence-corrected chi connectivity index (χ2v) is 1.87. The summed E-state index contributed by atoms with van der Waals surface area (Å²) in [6.45, 7) is 0. The zero-order valence-electron chi connectivity index (χ0n) is 8.37. The van der Waals surface area contributed by atoms with Gasteiger partial charge in [-0.15, -0.1) is 0 Å². The Balaban J connectivity index is 0. The molecule has 12 heavy (non-hydrogen) atoms. The zero-order valence-corrected chi connectivity index (χ0v) is 8.37. The van der Waals surface area contributed by atoms with Crippen molar-refractivity contribution in [2.45, 2.75) is 0 Å². The summed E-state index contributed by atoms with van der Waals surface area (Å²) < 4.78 is 19.6. The standard InChI is InChI=1S/C5H13B2O4.Li/c1-8-6(9-2)5-7(10-3)11-4;/h5H,1-4H3;/q-1;+1. The van der Waals surface area contributed by atoms with Gasteiger partial charge in [0, 0.05) is 28.4 Å². The van der Waals surface area contributed by atoms with Gasteiger partial charge in [0.15, 0.2) is 0 Å². The average Bonchev–Trinajstić information content (AvgIpc) is 2.07. The Labute approximate surface area is 86.7 Å². The van der Waals surface area contributed by atoms with Crippen molar-refractivity contribution >= 4 is 14.2 Å². The van der Waals surface area contributed by atoms with Crippen LogP contribution in [0.4, 0.5) is 0 Å². The van der Waals surface area contributed by atoms with Gasteiger partial charge in [0.2, 0.25) is 0 Å². The Morgan fingerprint density at radius 1 is 0.750 bits per heavy atom. The Kier molecular flexibility index (Phi) is 12.1. The third-order valence-electron chi connectivity index (χ3n) is 1.24. The number of rotatable bonds is 6. The van der Waals surface area contributed by atoms with Crippen LogP contribution in [0.25, 0.3) is 0 Å². The van der Waals surface area contributed by atoms with E-state index in [0.29, 0.717) is 0 Å². The van der Waals surface area contributed by atoms with Crippen LogP contribution in [0.15, 0.2) is 0 Å². The Morgan fingerprint density at radius 2 is 1.00 bits per heavy atom. The van der Waals surface area contributed by atoms with Crippen molar-refractivity contribution in [1.82, 2.24) is 0 Å². The van der Waals surface area contributed by atoms with Crippen molar-refractivity contribution in [2.75, 3.05) is 28.4 Å². The van der Waals surface area contributed by atoms with Crippen molar-refractivity contribution in [3.8, 4) is 0 Å². The largest absolute Gasteiger partial charge is 1.00 e. The van der Waals surface area contributed by atoms with E-state index < -0.39 is 0 Å². The van der Waals surface area contributed by atoms with Gasteiger partial charge in [-0.05, 0) is 0 Å². The van der Waals surface area contributed by atoms with Crippen molar-refractivity contribution in [1.29, 1.82) is 0 Å². The average molecular weight is 166 g/mol. The summed E-state index contributed by atoms with van der Waals surface area (Å²) in [5.74, 6) is 0. The molecule has 0 aliphatic rings. The van der Waals surface area contributed by atoms with E-state index in [2.05, 4.69) is 0 Å². The molecule has 0 fully saturated rings. The molecular formula is C5H13B2LiO4. The summed E-state index contributed by atoms with van der Waals surface area (Å²) in [6.07, 6.45) is 1.67. The van der Waals surface area contributed by atoms with E-state index in [1.807, 2.05) is 0 Å². The Hall–Kier alpha value is 0.567. The molecule has 0 N–H and O–H groups in total. The van der Waals surface area contributed by atoms with Gasteiger partial charge in [-0.3, -0.25) is 6.22 Å². The molecule has 0 unspecified atom stereocenters. The molecule has 0 aliphatic carbocycles. The first kappa shape index (κ1) is 15.1. The van der Waals surface area contributed by atoms with Crippen LogP contribution in [0, 0.1) is 6.22 Å². The van der Waals surface area contributed by atoms with Gasteiger partial charge in [-0.1, -0.05) is 0 Å². The molecule has 0 aromatic carbocycles. The van der Waals surface area contributed by atoms with Crippen molar-refractivity contribution in [2.24, 2.45) is 0 Å². The normalized spacial score (nSPS) is 9.00. The quantitative estimate of drug-likeness (QED) is 0.308. The molecule has 7 heteroatoms. The van der Waals surface area contributed by atoms with E-state index >= 15 is 0 Å². The van der Waals surface area contributed by atoms with Crippen LogP contribution in [-0.4, -0.2) is 42.7 Å². The maximum absolute atomic E-state index is 4.90. The predicted octanol–water partition coefficient (Wildman–Crippen LogP) is -3.16. The molecule has 0 aromatic rings. The van der Waals surface area contributed by atoms with Crippen LogP contribution < -0.4 is 18.9 Å². The molecule has 0 spiro atoms. The number of hydrogen-bond acceptors (Lipinski definition) is 4. The zero-order chi connectivity index (χ0) is 8.69. The summed E-state index contributed by atoms with van der Waals surface area (Å²) >= 11 is 0. The smallest absolute Gasteiger partial charge is 0.440 e. The second kappa shape index (κ2) is 9.65. The van der Waals surface area contributed by atoms with Crippen LogP contribution >= 0.6 is 0 Å². The van der Waals surface area contributed by atoms with Crippen LogP contribution in [-0.2, 0) is 18.6 Å². The molecule has 4 nitrogen and oxygen atoms in total. The fourth-order valence-corrected chi connectivity index (χ4v) is 0.635. The maximum atomic E-state index is 4.90. The molecule has 0 bridgehead atoms. The predicted molar refractivity (Wildman–Crippen MR) is 43.8 cm³/mol. The van der Waals surface area contributed by atoms with Gasteiger partial charge < -0.3 is 18.6 Å². The van der Waals surface area contributed by atoms with E-state index in [9.17, 15) is 0 Å². The molecule has 0 aromatic heterocycles. The summed E-state index contributed by atoms with van der Waals surface area (Å²) in [4.78, 5) is 0. The minimum Gasteiger partial charge on any atom is -0.440 e. The van der Waals surface area contributed by atoms with Gasteiger partial charge in [-0.25, -0.2) is 0 Å². The van der Waals surface area contributed by atoms with Crippen molar-refractivity contribution in [3.05, 3.63) is 6.22 Å². The molecule has 0 aliphatic heterocycles. The molecule has 64 valence electrons. The van der Waals surface area contributed by atoms with Crippen LogP contribution in [0.5, 0.6) is 0 Å². The third kappa shape index (κ3) is 6.12. The van der Waals surface area contributed by atoms with Crippen molar-refractivity contribution < 1.29 is 37.5 Å². The molecule has 0 radical (unpaired) electrons. The third-order valence-corrected chi connectivity index (χ3v) is 1.24. The Bertz CT molecular complexity index is 79.5. The van der Waals surface area contributed by atoms with Gasteiger partial charge in [0.25, 0.3) is 14.2 Å². The molecule has 0 rings (SSSR count). The fraction of sp³-hybridized carbons (Fsp3) is 0.800. The van der Waals surface area contributed by atoms with E-state index in [0.717, 1.165) is 0 Å². The minimum atomic E-state index is -0.389. The van der Waals surface area contributed by atoms with E-state index in [-0.39, 0.29) is 33.1 Å². The van der Waals surface area contributed by atoms with Crippen LogP contribution in [0.1, 0.15) is 0 Å². The van der Waals surface area contributed by atoms with E-state index in [4.69, 9.17) is 18.6 Å². The maximum Gasteiger partial charge on any atom is 1.00 e. The van der Waals surface area contributed by atoms with Crippen LogP contribution in [0.3, 0.4) is 0 Å². The molecule has 0 heterocycles. The van der Waals surface area contributed by atoms with Gasteiger partial charge >= 0.3 is 18.9 Å². The molecule has 0 saturated carbocycles. The summed E-state index contributed by atoms with van der Waals surface area (Å²) in [5, 5.41) is 0. The van der Waals surface area contributed by atoms with E-state index in [1.54, 1.807) is 34.7 Å². The minimum absolute atomic E-state index is 0. The molecule has 0 amide bonds. The first-order valence-corrected chi connectivity index (χ1v) is 3.24. The van der Waals surface area contributed by atoms with Crippen molar-refractivity contribution in [3.63, 3.8) is 0 Å². The molecule has 0 saturated heterocycles. The monoisotopic (exact) mass is 166 g/mol. The Morgan fingerprint density at radius 3 is 1.17 bits per heavy atom. The topological polar surface area (TPSA) is 36.9 Å². The van der Waals surface area contributed by atoms with E-state index in [1.165, 1.54) is 0 Å². The van der Waals surface area contributed by atoms with Gasteiger partial charge in [0.1, 0.15) is 0 Å². The van der Waals surface area contributed by atoms with Crippen LogP contribution in [0.2, 0.25) is 0 Å². The first-order valence-electron chi connectivity index (χ1n) is 3.24. The summed E-state index contributed by atoms with van der Waals surface area (Å²) in [7, 11) is 5.42. The van der Waals surface area contributed by atoms with Gasteiger partial charge in [0.05, 0.1) is 0 Å². The summed E-state index contributed by atoms with van der Waals surface area (Å²) in [5.41, 5.74) is 0. The summed E-state index contributed by atoms with van der Waals surface area (Å²) in [6, 6.07) is 0. The first-order chi connectivity index (χ1) is 5.28. The fourth-order valence-electron chi connectivity index (χ4n) is 0.635.